The zero-order chi connectivity index (χ0) is 15.9. The topological polar surface area (TPSA) is 53.8 Å². The molecule has 0 radical (unpaired) electrons. The highest BCUT2D eigenvalue weighted by Crippen LogP contribution is 2.53. The summed E-state index contributed by atoms with van der Waals surface area (Å²) in [6.07, 6.45) is 2.53. The van der Waals surface area contributed by atoms with Crippen molar-refractivity contribution in [3.05, 3.63) is 0 Å². The molecule has 21 heavy (non-hydrogen) atoms. The van der Waals surface area contributed by atoms with Crippen LogP contribution in [0.3, 0.4) is 0 Å². The summed E-state index contributed by atoms with van der Waals surface area (Å²) < 4.78 is 17.7. The van der Waals surface area contributed by atoms with Crippen LogP contribution >= 0.6 is 0 Å². The predicted octanol–water partition coefficient (Wildman–Crippen LogP) is 2.06. The third-order valence-electron chi connectivity index (χ3n) is 5.98. The number of rotatable bonds is 4. The number of nitrogens with zero attached hydrogens (tertiary/aromatic N) is 1. The summed E-state index contributed by atoms with van der Waals surface area (Å²) in [5, 5.41) is 10.5. The minimum absolute atomic E-state index is 0.00283. The normalized spacial score (nSPS) is 48.1. The number of hydroxylamine groups is 2. The fourth-order valence-electron chi connectivity index (χ4n) is 3.97. The van der Waals surface area contributed by atoms with E-state index in [0.29, 0.717) is 13.2 Å². The van der Waals surface area contributed by atoms with Gasteiger partial charge < -0.3 is 19.4 Å². The van der Waals surface area contributed by atoms with E-state index in [1.165, 1.54) is 0 Å². The number of ether oxygens (including phenoxy) is 3. The maximum Gasteiger partial charge on any atom is 0.175 e. The lowest BCUT2D eigenvalue weighted by molar-refractivity contribution is -0.352. The lowest BCUT2D eigenvalue weighted by Gasteiger charge is -2.57. The average molecular weight is 302 g/mol. The van der Waals surface area contributed by atoms with Crippen molar-refractivity contribution in [1.29, 1.82) is 0 Å². The van der Waals surface area contributed by atoms with E-state index >= 15 is 0 Å². The molecule has 2 fully saturated rings. The van der Waals surface area contributed by atoms with E-state index in [0.717, 1.165) is 19.3 Å². The third kappa shape index (κ3) is 2.53. The molecule has 0 saturated carbocycles. The smallest absolute Gasteiger partial charge is 0.175 e. The van der Waals surface area contributed by atoms with E-state index in [4.69, 9.17) is 19.4 Å². The predicted molar refractivity (Wildman–Crippen MR) is 82.1 cm³/mol. The maximum absolute atomic E-state index is 8.69. The Morgan fingerprint density at radius 3 is 2.48 bits per heavy atom. The van der Waals surface area contributed by atoms with Crippen LogP contribution in [0.1, 0.15) is 53.9 Å². The summed E-state index contributed by atoms with van der Waals surface area (Å²) in [6.45, 7) is 11.9. The summed E-state index contributed by atoms with van der Waals surface area (Å²) >= 11 is 0. The summed E-state index contributed by atoms with van der Waals surface area (Å²) in [5.41, 5.74) is -0.496. The molecule has 0 aromatic carbocycles. The Labute approximate surface area is 128 Å². The van der Waals surface area contributed by atoms with Crippen LogP contribution in [0.5, 0.6) is 0 Å². The molecule has 2 aliphatic rings. The van der Waals surface area contributed by atoms with Crippen LogP contribution in [-0.4, -0.2) is 53.6 Å². The van der Waals surface area contributed by atoms with Gasteiger partial charge in [0.25, 0.3) is 0 Å². The monoisotopic (exact) mass is 302 g/mol. The van der Waals surface area contributed by atoms with Gasteiger partial charge >= 0.3 is 0 Å². The molecule has 5 atom stereocenters. The van der Waals surface area contributed by atoms with Crippen molar-refractivity contribution in [2.45, 2.75) is 76.9 Å². The van der Waals surface area contributed by atoms with Gasteiger partial charge in [0, 0.05) is 19.4 Å². The molecule has 1 spiro atoms. The molecule has 0 aromatic heterocycles. The second kappa shape index (κ2) is 5.78. The Kier molecular flexibility index (Phi) is 4.72. The molecule has 0 bridgehead atoms. The van der Waals surface area contributed by atoms with Crippen molar-refractivity contribution in [1.82, 2.24) is 5.06 Å². The van der Waals surface area contributed by atoms with E-state index in [9.17, 15) is 0 Å². The fraction of sp³-hybridized carbons (Fsp3) is 1.00. The molecule has 124 valence electrons. The van der Waals surface area contributed by atoms with Crippen molar-refractivity contribution < 1.29 is 19.4 Å². The van der Waals surface area contributed by atoms with Gasteiger partial charge in [-0.3, -0.25) is 0 Å². The standard InChI is InChI=1S/C16H31NO4/c1-7-14(4)11-16(20-10-13(21-16)9-19-6)12(3)15(5,8-2)17(14)18/h12-13,18H,7-11H2,1-6H3/p+1. The third-order valence-corrected chi connectivity index (χ3v) is 5.98. The first-order chi connectivity index (χ1) is 9.78. The SMILES string of the molecule is CCC1(C)CC2(OCC(COC)O2)C(C)C(C)(CC)N1[OH2+]. The lowest BCUT2D eigenvalue weighted by Crippen LogP contribution is -2.71. The van der Waals surface area contributed by atoms with E-state index in [1.807, 2.05) is 5.06 Å². The van der Waals surface area contributed by atoms with Crippen LogP contribution in [0.25, 0.3) is 0 Å². The first-order valence-corrected chi connectivity index (χ1v) is 8.10. The summed E-state index contributed by atoms with van der Waals surface area (Å²) in [6, 6.07) is 0. The van der Waals surface area contributed by atoms with E-state index < -0.39 is 5.79 Å². The molecule has 2 heterocycles. The molecule has 2 aliphatic heterocycles. The molecule has 0 aliphatic carbocycles. The van der Waals surface area contributed by atoms with Gasteiger partial charge in [0.15, 0.2) is 5.79 Å². The van der Waals surface area contributed by atoms with Gasteiger partial charge in [-0.05, 0) is 26.7 Å². The number of hydrogen-bond acceptors (Lipinski definition) is 4. The molecule has 2 rings (SSSR count). The quantitative estimate of drug-likeness (QED) is 0.746. The Bertz CT molecular complexity index is 379. The van der Waals surface area contributed by atoms with Gasteiger partial charge in [-0.25, -0.2) is 0 Å². The Balaban J connectivity index is 2.34. The lowest BCUT2D eigenvalue weighted by atomic mass is 9.67. The molecule has 5 heteroatoms. The molecule has 0 amide bonds. The highest BCUT2D eigenvalue weighted by Gasteiger charge is 2.65. The molecular formula is C16H32NO4+. The first-order valence-electron chi connectivity index (χ1n) is 8.10. The van der Waals surface area contributed by atoms with Gasteiger partial charge in [-0.1, -0.05) is 25.8 Å². The largest absolute Gasteiger partial charge is 0.382 e. The molecular weight excluding hydrogens is 270 g/mol. The highest BCUT2D eigenvalue weighted by molar-refractivity contribution is 5.08. The van der Waals surface area contributed by atoms with Crippen molar-refractivity contribution in [3.8, 4) is 0 Å². The minimum atomic E-state index is -0.587. The fourth-order valence-corrected chi connectivity index (χ4v) is 3.97. The molecule has 2 saturated heterocycles. The van der Waals surface area contributed by atoms with E-state index in [1.54, 1.807) is 7.11 Å². The van der Waals surface area contributed by atoms with Crippen LogP contribution in [0, 0.1) is 5.92 Å². The number of methoxy groups -OCH3 is 1. The zero-order valence-corrected chi connectivity index (χ0v) is 14.4. The summed E-state index contributed by atoms with van der Waals surface area (Å²) in [5.74, 6) is -0.454. The van der Waals surface area contributed by atoms with Crippen LogP contribution < -0.4 is 0 Å². The Morgan fingerprint density at radius 2 is 1.95 bits per heavy atom. The number of hydrogen-bond donors (Lipinski definition) is 0. The zero-order valence-electron chi connectivity index (χ0n) is 14.4. The van der Waals surface area contributed by atoms with Gasteiger partial charge in [-0.2, -0.15) is 0 Å². The molecule has 0 aromatic rings. The molecule has 2 N–H and O–H groups in total. The van der Waals surface area contributed by atoms with Crippen molar-refractivity contribution >= 4 is 0 Å². The van der Waals surface area contributed by atoms with Crippen molar-refractivity contribution in [3.63, 3.8) is 0 Å². The van der Waals surface area contributed by atoms with Gasteiger partial charge in [0.2, 0.25) is 0 Å². The van der Waals surface area contributed by atoms with Gasteiger partial charge in [-0.15, -0.1) is 0 Å². The maximum atomic E-state index is 8.69. The summed E-state index contributed by atoms with van der Waals surface area (Å²) in [4.78, 5) is 0. The molecule has 5 nitrogen and oxygen atoms in total. The van der Waals surface area contributed by atoms with E-state index in [-0.39, 0.29) is 23.1 Å². The average Bonchev–Trinajstić information content (AvgIpc) is 2.87. The van der Waals surface area contributed by atoms with Gasteiger partial charge in [0.05, 0.1) is 24.3 Å². The Hall–Kier alpha value is -0.200. The Morgan fingerprint density at radius 1 is 1.29 bits per heavy atom. The van der Waals surface area contributed by atoms with Gasteiger partial charge in [0.1, 0.15) is 6.10 Å². The van der Waals surface area contributed by atoms with Crippen molar-refractivity contribution in [2.24, 2.45) is 5.92 Å². The second-order valence-corrected chi connectivity index (χ2v) is 7.11. The van der Waals surface area contributed by atoms with E-state index in [2.05, 4.69) is 34.6 Å². The van der Waals surface area contributed by atoms with Crippen LogP contribution in [0.2, 0.25) is 0 Å². The van der Waals surface area contributed by atoms with Crippen LogP contribution in [-0.2, 0) is 14.2 Å². The van der Waals surface area contributed by atoms with Crippen molar-refractivity contribution in [2.75, 3.05) is 20.3 Å². The van der Waals surface area contributed by atoms with Crippen LogP contribution in [0.15, 0.2) is 0 Å². The van der Waals surface area contributed by atoms with Crippen LogP contribution in [0.4, 0.5) is 0 Å². The second-order valence-electron chi connectivity index (χ2n) is 7.11. The number of piperidine rings is 1. The minimum Gasteiger partial charge on any atom is -0.382 e. The first kappa shape index (κ1) is 17.2. The highest BCUT2D eigenvalue weighted by atomic mass is 16.8. The molecule has 5 unspecified atom stereocenters. The summed E-state index contributed by atoms with van der Waals surface area (Å²) in [7, 11) is 1.69.